The van der Waals surface area contributed by atoms with Crippen LogP contribution in [-0.4, -0.2) is 38.9 Å². The van der Waals surface area contributed by atoms with Crippen molar-refractivity contribution in [2.45, 2.75) is 118 Å². The maximum Gasteiger partial charge on any atom is 0.137 e. The highest BCUT2D eigenvalue weighted by Crippen LogP contribution is 2.70. The zero-order valence-electron chi connectivity index (χ0n) is 22.0. The second-order valence-electron chi connectivity index (χ2n) is 13.8. The first-order valence-electron chi connectivity index (χ1n) is 13.5. The molecule has 0 spiro atoms. The maximum absolute atomic E-state index is 13.9. The van der Waals surface area contributed by atoms with Gasteiger partial charge in [0.15, 0.2) is 0 Å². The Morgan fingerprint density at radius 1 is 1.09 bits per heavy atom. The van der Waals surface area contributed by atoms with Crippen LogP contribution in [0.1, 0.15) is 99.8 Å². The third kappa shape index (κ3) is 3.78. The number of fused-ring (bicyclic) bond motifs is 5. The summed E-state index contributed by atoms with van der Waals surface area (Å²) in [5.41, 5.74) is 0.159. The molecule has 9 unspecified atom stereocenters. The van der Waals surface area contributed by atoms with Crippen LogP contribution in [0.2, 0.25) is 0 Å². The van der Waals surface area contributed by atoms with E-state index in [4.69, 9.17) is 0 Å². The summed E-state index contributed by atoms with van der Waals surface area (Å²) in [5.74, 6) is 2.14. The molecule has 0 aliphatic heterocycles. The van der Waals surface area contributed by atoms with E-state index in [-0.39, 0.29) is 28.3 Å². The number of hydrogen-bond donors (Lipinski definition) is 3. The highest BCUT2D eigenvalue weighted by molar-refractivity contribution is 5.84. The number of allylic oxidation sites excluding steroid dienone is 1. The highest BCUT2D eigenvalue weighted by atomic mass is 16.3. The lowest BCUT2D eigenvalue weighted by Gasteiger charge is -2.60. The fourth-order valence-corrected chi connectivity index (χ4v) is 8.89. The van der Waals surface area contributed by atoms with E-state index in [9.17, 15) is 20.1 Å². The van der Waals surface area contributed by atoms with E-state index in [1.54, 1.807) is 13.8 Å². The lowest BCUT2D eigenvalue weighted by molar-refractivity contribution is -0.153. The minimum absolute atomic E-state index is 0.0145. The molecule has 3 saturated carbocycles. The third-order valence-electron chi connectivity index (χ3n) is 11.4. The first-order chi connectivity index (χ1) is 15.1. The molecule has 0 heterocycles. The number of hydrogen-bond acceptors (Lipinski definition) is 4. The average molecular weight is 461 g/mol. The standard InChI is InChI=1S/C29H48O4/c1-17(8-12-24(32)27(4,5)33)19-14-15-28(6)21-11-10-20-18(9-13-23(31)26(20,2)3)25(21)22(30)16-29(19,28)7/h10,17-19,21,23-25,31-33H,8-9,11-16H2,1-7H3. The number of aliphatic hydroxyl groups is 3. The second kappa shape index (κ2) is 8.17. The number of carbonyl (C=O) groups excluding carboxylic acids is 1. The van der Waals surface area contributed by atoms with Crippen molar-refractivity contribution in [3.63, 3.8) is 0 Å². The molecule has 9 atom stereocenters. The Morgan fingerprint density at radius 3 is 2.39 bits per heavy atom. The molecule has 0 aromatic heterocycles. The largest absolute Gasteiger partial charge is 0.392 e. The molecule has 0 aromatic carbocycles. The molecular weight excluding hydrogens is 412 g/mol. The molecule has 4 aliphatic rings. The number of aliphatic hydroxyl groups excluding tert-OH is 2. The van der Waals surface area contributed by atoms with E-state index in [0.717, 1.165) is 32.1 Å². The van der Waals surface area contributed by atoms with Crippen molar-refractivity contribution in [1.82, 2.24) is 0 Å². The predicted octanol–water partition coefficient (Wildman–Crippen LogP) is 5.29. The molecule has 3 N–H and O–H groups in total. The molecule has 0 bridgehead atoms. The van der Waals surface area contributed by atoms with E-state index >= 15 is 0 Å². The van der Waals surface area contributed by atoms with Crippen molar-refractivity contribution in [3.8, 4) is 0 Å². The van der Waals surface area contributed by atoms with Crippen LogP contribution in [0.5, 0.6) is 0 Å². The van der Waals surface area contributed by atoms with Crippen molar-refractivity contribution < 1.29 is 20.1 Å². The zero-order valence-corrected chi connectivity index (χ0v) is 22.0. The van der Waals surface area contributed by atoms with Gasteiger partial charge in [-0.05, 0) is 93.3 Å². The average Bonchev–Trinajstić information content (AvgIpc) is 2.99. The highest BCUT2D eigenvalue weighted by Gasteiger charge is 2.66. The molecule has 33 heavy (non-hydrogen) atoms. The minimum atomic E-state index is -1.07. The van der Waals surface area contributed by atoms with Crippen LogP contribution in [0.3, 0.4) is 0 Å². The Hall–Kier alpha value is -0.710. The molecule has 4 aliphatic carbocycles. The first-order valence-corrected chi connectivity index (χ1v) is 13.5. The van der Waals surface area contributed by atoms with Crippen LogP contribution in [0, 0.1) is 45.8 Å². The van der Waals surface area contributed by atoms with Gasteiger partial charge in [0.2, 0.25) is 0 Å². The minimum Gasteiger partial charge on any atom is -0.392 e. The summed E-state index contributed by atoms with van der Waals surface area (Å²) in [6, 6.07) is 0. The summed E-state index contributed by atoms with van der Waals surface area (Å²) >= 11 is 0. The van der Waals surface area contributed by atoms with E-state index in [2.05, 4.69) is 40.7 Å². The van der Waals surface area contributed by atoms with Gasteiger partial charge in [0.1, 0.15) is 5.78 Å². The summed E-state index contributed by atoms with van der Waals surface area (Å²) in [6.45, 7) is 14.8. The van der Waals surface area contributed by atoms with E-state index in [1.165, 1.54) is 12.0 Å². The second-order valence-corrected chi connectivity index (χ2v) is 13.8. The van der Waals surface area contributed by atoms with Gasteiger partial charge in [-0.25, -0.2) is 0 Å². The molecule has 4 nitrogen and oxygen atoms in total. The normalized spacial score (nSPS) is 44.4. The quantitative estimate of drug-likeness (QED) is 0.487. The summed E-state index contributed by atoms with van der Waals surface area (Å²) < 4.78 is 0. The van der Waals surface area contributed by atoms with Gasteiger partial charge in [0.25, 0.3) is 0 Å². The van der Waals surface area contributed by atoms with Gasteiger partial charge < -0.3 is 15.3 Å². The van der Waals surface area contributed by atoms with Crippen LogP contribution < -0.4 is 0 Å². The third-order valence-corrected chi connectivity index (χ3v) is 11.4. The first kappa shape index (κ1) is 25.4. The fraction of sp³-hybridized carbons (Fsp3) is 0.897. The molecule has 188 valence electrons. The van der Waals surface area contributed by atoms with Crippen molar-refractivity contribution in [2.75, 3.05) is 0 Å². The zero-order chi connectivity index (χ0) is 24.6. The molecular formula is C29H48O4. The van der Waals surface area contributed by atoms with Crippen molar-refractivity contribution in [2.24, 2.45) is 45.8 Å². The van der Waals surface area contributed by atoms with Crippen LogP contribution >= 0.6 is 0 Å². The molecule has 4 heteroatoms. The Balaban J connectivity index is 1.59. The van der Waals surface area contributed by atoms with Gasteiger partial charge in [0, 0.05) is 17.8 Å². The van der Waals surface area contributed by atoms with Crippen molar-refractivity contribution >= 4 is 5.78 Å². The van der Waals surface area contributed by atoms with Gasteiger partial charge in [-0.15, -0.1) is 0 Å². The lowest BCUT2D eigenvalue weighted by atomic mass is 9.43. The Kier molecular flexibility index (Phi) is 6.28. The van der Waals surface area contributed by atoms with Crippen LogP contribution in [0.4, 0.5) is 0 Å². The van der Waals surface area contributed by atoms with Crippen LogP contribution in [0.25, 0.3) is 0 Å². The maximum atomic E-state index is 13.9. The van der Waals surface area contributed by atoms with E-state index in [1.807, 2.05) is 0 Å². The monoisotopic (exact) mass is 460 g/mol. The van der Waals surface area contributed by atoms with Gasteiger partial charge in [-0.2, -0.15) is 0 Å². The van der Waals surface area contributed by atoms with E-state index in [0.29, 0.717) is 42.3 Å². The summed E-state index contributed by atoms with van der Waals surface area (Å²) in [7, 11) is 0. The summed E-state index contributed by atoms with van der Waals surface area (Å²) in [5, 5.41) is 31.2. The number of Topliss-reactive ketones (excluding diaryl/α,β-unsaturated/α-hetero) is 1. The smallest absolute Gasteiger partial charge is 0.137 e. The van der Waals surface area contributed by atoms with Crippen molar-refractivity contribution in [1.29, 1.82) is 0 Å². The molecule has 0 radical (unpaired) electrons. The van der Waals surface area contributed by atoms with Gasteiger partial charge in [-0.3, -0.25) is 4.79 Å². The Morgan fingerprint density at radius 2 is 1.76 bits per heavy atom. The predicted molar refractivity (Wildman–Crippen MR) is 131 cm³/mol. The molecule has 0 amide bonds. The molecule has 4 rings (SSSR count). The lowest BCUT2D eigenvalue weighted by Crippen LogP contribution is -2.58. The SMILES string of the molecule is CC(CCC(O)C(C)(C)O)C1CCC2(C)C3CC=C4C(CCC(O)C4(C)C)C3C(=O)CC12C. The van der Waals surface area contributed by atoms with E-state index < -0.39 is 11.7 Å². The molecule has 0 aromatic rings. The Labute approximate surface area is 201 Å². The van der Waals surface area contributed by atoms with Crippen LogP contribution in [-0.2, 0) is 4.79 Å². The van der Waals surface area contributed by atoms with Gasteiger partial charge >= 0.3 is 0 Å². The number of carbonyl (C=O) groups is 1. The number of ketones is 1. The summed E-state index contributed by atoms with van der Waals surface area (Å²) in [4.78, 5) is 13.9. The Bertz CT molecular complexity index is 807. The van der Waals surface area contributed by atoms with Crippen molar-refractivity contribution in [3.05, 3.63) is 11.6 Å². The van der Waals surface area contributed by atoms with Crippen LogP contribution in [0.15, 0.2) is 11.6 Å². The fourth-order valence-electron chi connectivity index (χ4n) is 8.89. The molecule has 3 fully saturated rings. The topological polar surface area (TPSA) is 77.8 Å². The number of rotatable bonds is 5. The molecule has 0 saturated heterocycles. The van der Waals surface area contributed by atoms with Gasteiger partial charge in [0.05, 0.1) is 17.8 Å². The summed E-state index contributed by atoms with van der Waals surface area (Å²) in [6.07, 6.45) is 8.53. The van der Waals surface area contributed by atoms with Gasteiger partial charge in [-0.1, -0.05) is 46.3 Å².